The first kappa shape index (κ1) is 18.9. The zero-order valence-corrected chi connectivity index (χ0v) is 15.2. The van der Waals surface area contributed by atoms with Crippen LogP contribution in [0.4, 0.5) is 9.18 Å². The summed E-state index contributed by atoms with van der Waals surface area (Å²) in [5.74, 6) is -0.260. The smallest absolute Gasteiger partial charge is 0.410 e. The van der Waals surface area contributed by atoms with Gasteiger partial charge < -0.3 is 15.0 Å². The Morgan fingerprint density at radius 1 is 1.41 bits per heavy atom. The predicted octanol–water partition coefficient (Wildman–Crippen LogP) is 3.93. The number of halogens is 2. The summed E-state index contributed by atoms with van der Waals surface area (Å²) in [7, 11) is 1.72. The SMILES string of the molecule is CN(CCCNCc1ccc(Br)c(F)c1)C(=O)OC(C)(C)C. The zero-order valence-electron chi connectivity index (χ0n) is 13.6. The number of amides is 1. The average molecular weight is 375 g/mol. The van der Waals surface area contributed by atoms with Gasteiger partial charge in [0, 0.05) is 20.1 Å². The van der Waals surface area contributed by atoms with E-state index in [9.17, 15) is 9.18 Å². The van der Waals surface area contributed by atoms with Crippen LogP contribution in [-0.4, -0.2) is 36.7 Å². The molecule has 0 aliphatic carbocycles. The molecule has 0 spiro atoms. The number of ether oxygens (including phenoxy) is 1. The maximum atomic E-state index is 13.4. The molecular weight excluding hydrogens is 351 g/mol. The molecule has 0 unspecified atom stereocenters. The number of carbonyl (C=O) groups excluding carboxylic acids is 1. The van der Waals surface area contributed by atoms with E-state index in [2.05, 4.69) is 21.2 Å². The molecule has 124 valence electrons. The Kier molecular flexibility index (Phi) is 7.29. The fourth-order valence-electron chi connectivity index (χ4n) is 1.75. The first-order valence-electron chi connectivity index (χ1n) is 7.28. The Balaban J connectivity index is 2.22. The van der Waals surface area contributed by atoms with Crippen LogP contribution in [0.15, 0.2) is 22.7 Å². The van der Waals surface area contributed by atoms with Crippen LogP contribution in [0.3, 0.4) is 0 Å². The molecule has 1 amide bonds. The van der Waals surface area contributed by atoms with E-state index >= 15 is 0 Å². The molecule has 0 radical (unpaired) electrons. The molecule has 0 bridgehead atoms. The summed E-state index contributed by atoms with van der Waals surface area (Å²) in [6.07, 6.45) is 0.483. The molecule has 6 heteroatoms. The summed E-state index contributed by atoms with van der Waals surface area (Å²) in [6.45, 7) is 7.48. The van der Waals surface area contributed by atoms with Crippen LogP contribution in [0, 0.1) is 5.82 Å². The van der Waals surface area contributed by atoms with Crippen LogP contribution in [-0.2, 0) is 11.3 Å². The molecule has 0 atom stereocenters. The van der Waals surface area contributed by atoms with E-state index < -0.39 is 5.60 Å². The maximum absolute atomic E-state index is 13.4. The molecular formula is C16H24BrFN2O2. The Morgan fingerprint density at radius 2 is 2.09 bits per heavy atom. The van der Waals surface area contributed by atoms with Crippen molar-refractivity contribution in [2.75, 3.05) is 20.1 Å². The van der Waals surface area contributed by atoms with Crippen LogP contribution in [0.5, 0.6) is 0 Å². The minimum Gasteiger partial charge on any atom is -0.444 e. The largest absolute Gasteiger partial charge is 0.444 e. The molecule has 0 aromatic heterocycles. The molecule has 1 aromatic carbocycles. The van der Waals surface area contributed by atoms with Crippen LogP contribution < -0.4 is 5.32 Å². The van der Waals surface area contributed by atoms with Crippen molar-refractivity contribution < 1.29 is 13.9 Å². The van der Waals surface area contributed by atoms with E-state index in [0.29, 0.717) is 17.6 Å². The summed E-state index contributed by atoms with van der Waals surface area (Å²) >= 11 is 3.13. The van der Waals surface area contributed by atoms with Gasteiger partial charge in [0.25, 0.3) is 0 Å². The van der Waals surface area contributed by atoms with Gasteiger partial charge in [-0.2, -0.15) is 0 Å². The van der Waals surface area contributed by atoms with Crippen LogP contribution >= 0.6 is 15.9 Å². The van der Waals surface area contributed by atoms with E-state index in [4.69, 9.17) is 4.74 Å². The first-order chi connectivity index (χ1) is 10.2. The van der Waals surface area contributed by atoms with Crippen molar-refractivity contribution in [1.82, 2.24) is 10.2 Å². The minimum atomic E-state index is -0.477. The van der Waals surface area contributed by atoms with Gasteiger partial charge in [-0.15, -0.1) is 0 Å². The number of nitrogens with one attached hydrogen (secondary N) is 1. The Bertz CT molecular complexity index is 503. The summed E-state index contributed by atoms with van der Waals surface area (Å²) in [6, 6.07) is 5.07. The second-order valence-electron chi connectivity index (χ2n) is 6.18. The number of rotatable bonds is 6. The zero-order chi connectivity index (χ0) is 16.8. The van der Waals surface area contributed by atoms with E-state index in [1.54, 1.807) is 18.0 Å². The number of nitrogens with zero attached hydrogens (tertiary/aromatic N) is 1. The van der Waals surface area contributed by atoms with Gasteiger partial charge in [0.2, 0.25) is 0 Å². The quantitative estimate of drug-likeness (QED) is 0.766. The van der Waals surface area contributed by atoms with Crippen molar-refractivity contribution in [2.45, 2.75) is 39.3 Å². The molecule has 1 aromatic rings. The Hall–Kier alpha value is -1.14. The summed E-state index contributed by atoms with van der Waals surface area (Å²) in [4.78, 5) is 13.3. The normalized spacial score (nSPS) is 11.4. The lowest BCUT2D eigenvalue weighted by Crippen LogP contribution is -2.35. The summed E-state index contributed by atoms with van der Waals surface area (Å²) in [5.41, 5.74) is 0.413. The third-order valence-electron chi connectivity index (χ3n) is 2.87. The topological polar surface area (TPSA) is 41.6 Å². The number of hydrogen-bond donors (Lipinski definition) is 1. The highest BCUT2D eigenvalue weighted by molar-refractivity contribution is 9.10. The van der Waals surface area contributed by atoms with Crippen molar-refractivity contribution in [1.29, 1.82) is 0 Å². The molecule has 0 fully saturated rings. The molecule has 0 saturated heterocycles. The van der Waals surface area contributed by atoms with E-state index in [1.165, 1.54) is 6.07 Å². The molecule has 1 rings (SSSR count). The Morgan fingerprint density at radius 3 is 2.68 bits per heavy atom. The van der Waals surface area contributed by atoms with Crippen molar-refractivity contribution in [3.05, 3.63) is 34.1 Å². The summed E-state index contributed by atoms with van der Waals surface area (Å²) < 4.78 is 19.1. The van der Waals surface area contributed by atoms with Crippen molar-refractivity contribution in [3.63, 3.8) is 0 Å². The van der Waals surface area contributed by atoms with Crippen molar-refractivity contribution in [3.8, 4) is 0 Å². The van der Waals surface area contributed by atoms with Crippen LogP contribution in [0.25, 0.3) is 0 Å². The van der Waals surface area contributed by atoms with Gasteiger partial charge in [-0.1, -0.05) is 6.07 Å². The fraction of sp³-hybridized carbons (Fsp3) is 0.562. The van der Waals surface area contributed by atoms with Gasteiger partial charge >= 0.3 is 6.09 Å². The van der Waals surface area contributed by atoms with Gasteiger partial charge in [0.15, 0.2) is 0 Å². The number of benzene rings is 1. The first-order valence-corrected chi connectivity index (χ1v) is 8.07. The summed E-state index contributed by atoms with van der Waals surface area (Å²) in [5, 5.41) is 3.23. The molecule has 0 saturated carbocycles. The molecule has 0 aliphatic rings. The second kappa shape index (κ2) is 8.48. The van der Waals surface area contributed by atoms with Crippen molar-refractivity contribution >= 4 is 22.0 Å². The molecule has 0 aliphatic heterocycles. The molecule has 22 heavy (non-hydrogen) atoms. The maximum Gasteiger partial charge on any atom is 0.410 e. The van der Waals surface area contributed by atoms with E-state index in [-0.39, 0.29) is 11.9 Å². The monoisotopic (exact) mass is 374 g/mol. The Labute approximate surface area is 140 Å². The van der Waals surface area contributed by atoms with E-state index in [0.717, 1.165) is 18.5 Å². The lowest BCUT2D eigenvalue weighted by molar-refractivity contribution is 0.0297. The lowest BCUT2D eigenvalue weighted by atomic mass is 10.2. The van der Waals surface area contributed by atoms with Crippen LogP contribution in [0.2, 0.25) is 0 Å². The van der Waals surface area contributed by atoms with Gasteiger partial charge in [-0.3, -0.25) is 0 Å². The standard InChI is InChI=1S/C16H24BrFN2O2/c1-16(2,3)22-15(21)20(4)9-5-8-19-11-12-6-7-13(17)14(18)10-12/h6-7,10,19H,5,8-9,11H2,1-4H3. The van der Waals surface area contributed by atoms with Gasteiger partial charge in [0.05, 0.1) is 4.47 Å². The molecule has 1 N–H and O–H groups in total. The van der Waals surface area contributed by atoms with Gasteiger partial charge in [0.1, 0.15) is 11.4 Å². The fourth-order valence-corrected chi connectivity index (χ4v) is 2.00. The minimum absolute atomic E-state index is 0.260. The highest BCUT2D eigenvalue weighted by Crippen LogP contribution is 2.16. The van der Waals surface area contributed by atoms with E-state index in [1.807, 2.05) is 26.8 Å². The molecule has 4 nitrogen and oxygen atoms in total. The lowest BCUT2D eigenvalue weighted by Gasteiger charge is -2.24. The van der Waals surface area contributed by atoms with Crippen LogP contribution in [0.1, 0.15) is 32.8 Å². The molecule has 0 heterocycles. The predicted molar refractivity (Wildman–Crippen MR) is 89.3 cm³/mol. The number of hydrogen-bond acceptors (Lipinski definition) is 3. The number of carbonyl (C=O) groups is 1. The average Bonchev–Trinajstić information content (AvgIpc) is 2.40. The highest BCUT2D eigenvalue weighted by atomic mass is 79.9. The van der Waals surface area contributed by atoms with Gasteiger partial charge in [-0.25, -0.2) is 9.18 Å². The highest BCUT2D eigenvalue weighted by Gasteiger charge is 2.18. The van der Waals surface area contributed by atoms with Crippen molar-refractivity contribution in [2.24, 2.45) is 0 Å². The third-order valence-corrected chi connectivity index (χ3v) is 3.51. The third kappa shape index (κ3) is 7.22. The van der Waals surface area contributed by atoms with Gasteiger partial charge in [-0.05, 0) is 67.4 Å². The second-order valence-corrected chi connectivity index (χ2v) is 7.04.